The van der Waals surface area contributed by atoms with Crippen LogP contribution in [0.25, 0.3) is 0 Å². The number of carbonyl (C=O) groups is 2. The zero-order valence-electron chi connectivity index (χ0n) is 20.0. The number of carbonyl (C=O) groups excluding carboxylic acids is 2. The largest absolute Gasteiger partial charge is 0.488 e. The van der Waals surface area contributed by atoms with Gasteiger partial charge in [0.2, 0.25) is 5.91 Å². The minimum atomic E-state index is -0.523. The molecule has 0 unspecified atom stereocenters. The topological polar surface area (TPSA) is 79.8 Å². The molecule has 0 bridgehead atoms. The molecule has 0 aliphatic carbocycles. The molecule has 0 aromatic heterocycles. The first-order valence-corrected chi connectivity index (χ1v) is 12.6. The van der Waals surface area contributed by atoms with Crippen LogP contribution in [0.4, 0.5) is 0 Å². The Hall–Kier alpha value is -4.23. The van der Waals surface area contributed by atoms with Gasteiger partial charge in [0.1, 0.15) is 12.4 Å². The molecular weight excluding hydrogens is 530 g/mol. The second-order valence-electron chi connectivity index (χ2n) is 8.22. The molecule has 6 nitrogen and oxygen atoms in total. The molecule has 2 N–H and O–H groups in total. The van der Waals surface area contributed by atoms with Crippen LogP contribution < -0.4 is 15.5 Å². The third kappa shape index (κ3) is 7.62. The second kappa shape index (κ2) is 13.2. The minimum absolute atomic E-state index is 0.206. The number of amides is 2. The molecule has 0 atom stereocenters. The number of hydrazone groups is 1. The Bertz CT molecular complexity index is 1310. The maximum Gasteiger partial charge on any atom is 0.259 e. The van der Waals surface area contributed by atoms with Gasteiger partial charge in [0.25, 0.3) is 5.91 Å². The van der Waals surface area contributed by atoms with E-state index in [1.54, 1.807) is 0 Å². The van der Waals surface area contributed by atoms with E-state index in [9.17, 15) is 9.59 Å². The summed E-state index contributed by atoms with van der Waals surface area (Å²) in [4.78, 5) is 25.5. The fourth-order valence-electron chi connectivity index (χ4n) is 3.76. The highest BCUT2D eigenvalue weighted by Crippen LogP contribution is 2.25. The zero-order valence-corrected chi connectivity index (χ0v) is 21.6. The molecular formula is C30H26BrN3O3. The molecule has 0 saturated heterocycles. The number of hydrogen-bond donors (Lipinski definition) is 2. The molecule has 4 aromatic rings. The Labute approximate surface area is 224 Å². The molecule has 0 heterocycles. The number of nitrogens with one attached hydrogen (secondary N) is 2. The number of rotatable bonds is 10. The minimum Gasteiger partial charge on any atom is -0.488 e. The van der Waals surface area contributed by atoms with Crippen molar-refractivity contribution in [1.29, 1.82) is 0 Å². The van der Waals surface area contributed by atoms with Gasteiger partial charge in [-0.15, -0.1) is 0 Å². The van der Waals surface area contributed by atoms with Gasteiger partial charge >= 0.3 is 0 Å². The SMILES string of the molecule is O=C(CNC(=O)C(c1ccccc1)c1ccccc1)NN=Cc1cc(Br)ccc1OCc1ccccc1. The Morgan fingerprint density at radius 2 is 1.43 bits per heavy atom. The van der Waals surface area contributed by atoms with Crippen LogP contribution >= 0.6 is 15.9 Å². The monoisotopic (exact) mass is 555 g/mol. The fourth-order valence-corrected chi connectivity index (χ4v) is 4.13. The Balaban J connectivity index is 1.35. The van der Waals surface area contributed by atoms with E-state index >= 15 is 0 Å². The highest BCUT2D eigenvalue weighted by Gasteiger charge is 2.22. The van der Waals surface area contributed by atoms with E-state index in [1.807, 2.05) is 109 Å². The van der Waals surface area contributed by atoms with E-state index in [0.29, 0.717) is 17.9 Å². The van der Waals surface area contributed by atoms with Crippen LogP contribution in [0.15, 0.2) is 119 Å². The van der Waals surface area contributed by atoms with Gasteiger partial charge in [-0.1, -0.05) is 107 Å². The van der Waals surface area contributed by atoms with Gasteiger partial charge in [0.05, 0.1) is 18.7 Å². The first kappa shape index (κ1) is 25.9. The first-order valence-electron chi connectivity index (χ1n) is 11.8. The van der Waals surface area contributed by atoms with Crippen molar-refractivity contribution < 1.29 is 14.3 Å². The van der Waals surface area contributed by atoms with Crippen molar-refractivity contribution in [3.8, 4) is 5.75 Å². The number of hydrogen-bond acceptors (Lipinski definition) is 4. The smallest absolute Gasteiger partial charge is 0.259 e. The van der Waals surface area contributed by atoms with Crippen molar-refractivity contribution in [2.45, 2.75) is 12.5 Å². The van der Waals surface area contributed by atoms with Crippen LogP contribution in [0.3, 0.4) is 0 Å². The van der Waals surface area contributed by atoms with Gasteiger partial charge in [-0.3, -0.25) is 9.59 Å². The maximum atomic E-state index is 13.1. The molecule has 0 radical (unpaired) electrons. The molecule has 4 rings (SSSR count). The number of benzene rings is 4. The first-order chi connectivity index (χ1) is 18.1. The lowest BCUT2D eigenvalue weighted by atomic mass is 9.90. The Morgan fingerprint density at radius 1 is 0.838 bits per heavy atom. The standard InChI is InChI=1S/C30H26BrN3O3/c31-26-16-17-27(37-21-22-10-4-1-5-11-22)25(18-26)19-33-34-28(35)20-32-30(36)29(23-12-6-2-7-13-23)24-14-8-3-9-15-24/h1-19,29H,20-21H2,(H,32,36)(H,34,35). The quantitative estimate of drug-likeness (QED) is 0.202. The van der Waals surface area contributed by atoms with E-state index in [2.05, 4.69) is 31.8 Å². The van der Waals surface area contributed by atoms with Crippen molar-refractivity contribution in [1.82, 2.24) is 10.7 Å². The van der Waals surface area contributed by atoms with E-state index in [1.165, 1.54) is 6.21 Å². The molecule has 2 amide bonds. The average molecular weight is 556 g/mol. The van der Waals surface area contributed by atoms with Gasteiger partial charge in [-0.25, -0.2) is 5.43 Å². The van der Waals surface area contributed by atoms with Crippen molar-refractivity contribution in [2.24, 2.45) is 5.10 Å². The van der Waals surface area contributed by atoms with E-state index < -0.39 is 11.8 Å². The van der Waals surface area contributed by atoms with Crippen LogP contribution in [-0.4, -0.2) is 24.6 Å². The summed E-state index contributed by atoms with van der Waals surface area (Å²) in [6, 6.07) is 34.4. The van der Waals surface area contributed by atoms with Gasteiger partial charge in [0.15, 0.2) is 0 Å². The Kier molecular flexibility index (Phi) is 9.21. The van der Waals surface area contributed by atoms with E-state index in [0.717, 1.165) is 21.2 Å². The summed E-state index contributed by atoms with van der Waals surface area (Å²) in [6.07, 6.45) is 1.52. The third-order valence-electron chi connectivity index (χ3n) is 5.55. The summed E-state index contributed by atoms with van der Waals surface area (Å²) in [6.45, 7) is 0.202. The van der Waals surface area contributed by atoms with Gasteiger partial charge < -0.3 is 10.1 Å². The molecule has 186 valence electrons. The van der Waals surface area contributed by atoms with Crippen molar-refractivity contribution in [3.05, 3.63) is 136 Å². The number of ether oxygens (including phenoxy) is 1. The van der Waals surface area contributed by atoms with E-state index in [-0.39, 0.29) is 12.5 Å². The molecule has 37 heavy (non-hydrogen) atoms. The van der Waals surface area contributed by atoms with E-state index in [4.69, 9.17) is 4.74 Å². The third-order valence-corrected chi connectivity index (χ3v) is 6.05. The lowest BCUT2D eigenvalue weighted by Crippen LogP contribution is -2.37. The van der Waals surface area contributed by atoms with Crippen LogP contribution in [0.2, 0.25) is 0 Å². The van der Waals surface area contributed by atoms with Crippen LogP contribution in [0.5, 0.6) is 5.75 Å². The highest BCUT2D eigenvalue weighted by molar-refractivity contribution is 9.10. The van der Waals surface area contributed by atoms with Crippen LogP contribution in [-0.2, 0) is 16.2 Å². The molecule has 0 aliphatic heterocycles. The summed E-state index contributed by atoms with van der Waals surface area (Å²) in [5.74, 6) is -0.594. The zero-order chi connectivity index (χ0) is 25.9. The molecule has 7 heteroatoms. The van der Waals surface area contributed by atoms with Gasteiger partial charge in [0, 0.05) is 10.0 Å². The van der Waals surface area contributed by atoms with Gasteiger partial charge in [-0.2, -0.15) is 5.10 Å². The predicted molar refractivity (Wildman–Crippen MR) is 148 cm³/mol. The van der Waals surface area contributed by atoms with Crippen LogP contribution in [0.1, 0.15) is 28.2 Å². The fraction of sp³-hybridized carbons (Fsp3) is 0.100. The van der Waals surface area contributed by atoms with Crippen molar-refractivity contribution >= 4 is 34.0 Å². The lowest BCUT2D eigenvalue weighted by molar-refractivity contribution is -0.126. The van der Waals surface area contributed by atoms with Gasteiger partial charge in [-0.05, 0) is 34.9 Å². The van der Waals surface area contributed by atoms with Crippen molar-refractivity contribution in [2.75, 3.05) is 6.54 Å². The highest BCUT2D eigenvalue weighted by atomic mass is 79.9. The normalized spacial score (nSPS) is 10.9. The maximum absolute atomic E-state index is 13.1. The molecule has 4 aromatic carbocycles. The summed E-state index contributed by atoms with van der Waals surface area (Å²) in [5, 5.41) is 6.79. The second-order valence-corrected chi connectivity index (χ2v) is 9.14. The molecule has 0 spiro atoms. The number of halogens is 1. The van der Waals surface area contributed by atoms with Crippen LogP contribution in [0, 0.1) is 0 Å². The predicted octanol–water partition coefficient (Wildman–Crippen LogP) is 5.43. The Morgan fingerprint density at radius 3 is 2.05 bits per heavy atom. The molecule has 0 aliphatic rings. The average Bonchev–Trinajstić information content (AvgIpc) is 2.93. The summed E-state index contributed by atoms with van der Waals surface area (Å²) >= 11 is 3.45. The molecule has 0 fully saturated rings. The lowest BCUT2D eigenvalue weighted by Gasteiger charge is -2.17. The summed E-state index contributed by atoms with van der Waals surface area (Å²) in [5.41, 5.74) is 5.91. The molecule has 0 saturated carbocycles. The summed E-state index contributed by atoms with van der Waals surface area (Å²) < 4.78 is 6.80. The summed E-state index contributed by atoms with van der Waals surface area (Å²) in [7, 11) is 0. The van der Waals surface area contributed by atoms with Crippen molar-refractivity contribution in [3.63, 3.8) is 0 Å². The number of nitrogens with zero attached hydrogens (tertiary/aromatic N) is 1.